The summed E-state index contributed by atoms with van der Waals surface area (Å²) in [5.74, 6) is 0. The molecule has 0 aliphatic heterocycles. The summed E-state index contributed by atoms with van der Waals surface area (Å²) >= 11 is 0. The second-order valence-corrected chi connectivity index (χ2v) is 2.99. The number of benzene rings is 1. The van der Waals surface area contributed by atoms with E-state index in [0.29, 0.717) is 5.69 Å². The maximum absolute atomic E-state index is 11.5. The van der Waals surface area contributed by atoms with Gasteiger partial charge in [-0.3, -0.25) is 0 Å². The van der Waals surface area contributed by atoms with E-state index in [-0.39, 0.29) is 6.61 Å². The lowest BCUT2D eigenvalue weighted by Gasteiger charge is -2.16. The third-order valence-electron chi connectivity index (χ3n) is 1.93. The second kappa shape index (κ2) is 5.68. The van der Waals surface area contributed by atoms with E-state index in [1.807, 2.05) is 19.1 Å². The van der Waals surface area contributed by atoms with Gasteiger partial charge in [0.05, 0.1) is 12.3 Å². The van der Waals surface area contributed by atoms with Crippen LogP contribution in [0.25, 0.3) is 0 Å². The summed E-state index contributed by atoms with van der Waals surface area (Å²) in [7, 11) is 0. The number of nitrogens with zero attached hydrogens (tertiary/aromatic N) is 2. The molecule has 0 heterocycles. The molecule has 5 heteroatoms. The first kappa shape index (κ1) is 11.9. The Labute approximate surface area is 93.3 Å². The molecule has 0 aliphatic rings. The quantitative estimate of drug-likeness (QED) is 0.445. The van der Waals surface area contributed by atoms with E-state index in [2.05, 4.69) is 5.10 Å². The van der Waals surface area contributed by atoms with Crippen molar-refractivity contribution in [2.45, 2.75) is 13.8 Å². The Morgan fingerprint density at radius 3 is 2.75 bits per heavy atom. The smallest absolute Gasteiger partial charge is 0.435 e. The summed E-state index contributed by atoms with van der Waals surface area (Å²) < 4.78 is 4.78. The molecule has 0 N–H and O–H groups in total. The highest BCUT2D eigenvalue weighted by molar-refractivity contribution is 5.88. The molecule has 0 radical (unpaired) electrons. The number of amides is 1. The van der Waals surface area contributed by atoms with Crippen LogP contribution in [0.4, 0.5) is 10.5 Å². The first-order chi connectivity index (χ1) is 7.70. The lowest BCUT2D eigenvalue weighted by molar-refractivity contribution is 0.160. The van der Waals surface area contributed by atoms with Gasteiger partial charge in [0, 0.05) is 0 Å². The summed E-state index contributed by atoms with van der Waals surface area (Å²) in [5.41, 5.74) is 1.32. The Bertz CT molecular complexity index is 425. The van der Waals surface area contributed by atoms with Gasteiger partial charge in [-0.05, 0) is 25.5 Å². The number of para-hydroxylation sites is 1. The fourth-order valence-electron chi connectivity index (χ4n) is 1.22. The fraction of sp³-hybridized carbons (Fsp3) is 0.273. The van der Waals surface area contributed by atoms with E-state index < -0.39 is 6.09 Å². The lowest BCUT2D eigenvalue weighted by atomic mass is 10.2. The molecular formula is C11H12N2O3. The number of hydrazone groups is 1. The number of hydrogen-bond donors (Lipinski definition) is 0. The van der Waals surface area contributed by atoms with Gasteiger partial charge in [-0.25, -0.2) is 9.59 Å². The molecule has 0 spiro atoms. The maximum atomic E-state index is 11.5. The first-order valence-corrected chi connectivity index (χ1v) is 4.81. The summed E-state index contributed by atoms with van der Waals surface area (Å²) in [5, 5.41) is 4.22. The molecule has 1 rings (SSSR count). The van der Waals surface area contributed by atoms with Crippen LogP contribution < -0.4 is 5.01 Å². The van der Waals surface area contributed by atoms with Gasteiger partial charge in [0.15, 0.2) is 0 Å². The van der Waals surface area contributed by atoms with E-state index in [4.69, 9.17) is 4.74 Å². The van der Waals surface area contributed by atoms with Crippen LogP contribution in [0.3, 0.4) is 0 Å². The van der Waals surface area contributed by atoms with Crippen LogP contribution in [-0.4, -0.2) is 18.8 Å². The molecule has 0 bridgehead atoms. The zero-order valence-electron chi connectivity index (χ0n) is 9.14. The van der Waals surface area contributed by atoms with Gasteiger partial charge < -0.3 is 4.74 Å². The number of aryl methyl sites for hydroxylation is 1. The van der Waals surface area contributed by atoms with Crippen LogP contribution in [0.15, 0.2) is 29.4 Å². The van der Waals surface area contributed by atoms with Crippen LogP contribution in [0.1, 0.15) is 12.5 Å². The lowest BCUT2D eigenvalue weighted by Crippen LogP contribution is -2.26. The van der Waals surface area contributed by atoms with Gasteiger partial charge in [-0.2, -0.15) is 5.01 Å². The van der Waals surface area contributed by atoms with Crippen molar-refractivity contribution in [2.24, 2.45) is 5.10 Å². The van der Waals surface area contributed by atoms with Crippen molar-refractivity contribution in [3.63, 3.8) is 0 Å². The van der Waals surface area contributed by atoms with E-state index in [1.165, 1.54) is 6.08 Å². The van der Waals surface area contributed by atoms with Crippen molar-refractivity contribution < 1.29 is 14.3 Å². The Balaban J connectivity index is 3.07. The number of hydrogen-bond acceptors (Lipinski definition) is 4. The highest BCUT2D eigenvalue weighted by Crippen LogP contribution is 2.20. The molecule has 0 atom stereocenters. The van der Waals surface area contributed by atoms with E-state index in [1.54, 1.807) is 19.1 Å². The molecule has 1 aromatic carbocycles. The van der Waals surface area contributed by atoms with Crippen molar-refractivity contribution in [1.29, 1.82) is 0 Å². The highest BCUT2D eigenvalue weighted by Gasteiger charge is 2.17. The molecule has 1 amide bonds. The molecule has 0 fully saturated rings. The number of anilines is 1. The van der Waals surface area contributed by atoms with Gasteiger partial charge >= 0.3 is 6.09 Å². The average Bonchev–Trinajstić information content (AvgIpc) is 2.27. The molecule has 0 unspecified atom stereocenters. The third-order valence-corrected chi connectivity index (χ3v) is 1.93. The Morgan fingerprint density at radius 1 is 1.50 bits per heavy atom. The third kappa shape index (κ3) is 2.68. The maximum Gasteiger partial charge on any atom is 0.435 e. The zero-order valence-corrected chi connectivity index (χ0v) is 9.14. The SMILES string of the molecule is CCOC(=O)N(N=C=O)c1ccccc1C. The molecule has 5 nitrogen and oxygen atoms in total. The number of carbonyl (C=O) groups excluding carboxylic acids is 2. The largest absolute Gasteiger partial charge is 0.448 e. The molecule has 0 saturated heterocycles. The fourth-order valence-corrected chi connectivity index (χ4v) is 1.22. The molecule has 0 saturated carbocycles. The van der Waals surface area contributed by atoms with E-state index in [0.717, 1.165) is 10.6 Å². The first-order valence-electron chi connectivity index (χ1n) is 4.81. The Morgan fingerprint density at radius 2 is 2.19 bits per heavy atom. The molecule has 84 valence electrons. The Hall–Kier alpha value is -2.13. The standard InChI is InChI=1S/C11H12N2O3/c1-3-16-11(15)13(12-8-14)10-7-5-4-6-9(10)2/h4-7H,3H2,1-2H3. The van der Waals surface area contributed by atoms with Crippen LogP contribution in [0, 0.1) is 6.92 Å². The predicted octanol–water partition coefficient (Wildman–Crippen LogP) is 2.21. The van der Waals surface area contributed by atoms with Crippen LogP contribution >= 0.6 is 0 Å². The van der Waals surface area contributed by atoms with Crippen molar-refractivity contribution >= 4 is 17.9 Å². The van der Waals surface area contributed by atoms with Crippen molar-refractivity contribution in [1.82, 2.24) is 0 Å². The van der Waals surface area contributed by atoms with E-state index >= 15 is 0 Å². The minimum absolute atomic E-state index is 0.218. The number of ether oxygens (including phenoxy) is 1. The summed E-state index contributed by atoms with van der Waals surface area (Å²) in [6.45, 7) is 3.70. The second-order valence-electron chi connectivity index (χ2n) is 2.99. The van der Waals surface area contributed by atoms with Crippen molar-refractivity contribution in [3.8, 4) is 0 Å². The molecular weight excluding hydrogens is 208 g/mol. The summed E-state index contributed by atoms with van der Waals surface area (Å²) in [6.07, 6.45) is 0.639. The number of isocyanates is 1. The average molecular weight is 220 g/mol. The summed E-state index contributed by atoms with van der Waals surface area (Å²) in [4.78, 5) is 21.8. The number of rotatable bonds is 3. The molecule has 0 aliphatic carbocycles. The van der Waals surface area contributed by atoms with Crippen LogP contribution in [0.2, 0.25) is 0 Å². The summed E-state index contributed by atoms with van der Waals surface area (Å²) in [6, 6.07) is 7.05. The predicted molar refractivity (Wildman–Crippen MR) is 58.8 cm³/mol. The minimum atomic E-state index is -0.694. The zero-order chi connectivity index (χ0) is 12.0. The number of carbonyl (C=O) groups is 1. The van der Waals surface area contributed by atoms with Crippen LogP contribution in [-0.2, 0) is 9.53 Å². The Kier molecular flexibility index (Phi) is 4.24. The van der Waals surface area contributed by atoms with Crippen molar-refractivity contribution in [2.75, 3.05) is 11.6 Å². The van der Waals surface area contributed by atoms with Gasteiger partial charge in [-0.15, -0.1) is 0 Å². The minimum Gasteiger partial charge on any atom is -0.448 e. The van der Waals surface area contributed by atoms with E-state index in [9.17, 15) is 9.59 Å². The monoisotopic (exact) mass is 220 g/mol. The van der Waals surface area contributed by atoms with Gasteiger partial charge in [0.1, 0.15) is 0 Å². The van der Waals surface area contributed by atoms with Gasteiger partial charge in [0.2, 0.25) is 0 Å². The normalized spacial score (nSPS) is 9.12. The topological polar surface area (TPSA) is 59.0 Å². The van der Waals surface area contributed by atoms with Gasteiger partial charge in [-0.1, -0.05) is 23.3 Å². The molecule has 0 aromatic heterocycles. The van der Waals surface area contributed by atoms with Crippen LogP contribution in [0.5, 0.6) is 0 Å². The highest BCUT2D eigenvalue weighted by atomic mass is 16.6. The molecule has 16 heavy (non-hydrogen) atoms. The van der Waals surface area contributed by atoms with Crippen molar-refractivity contribution in [3.05, 3.63) is 29.8 Å². The van der Waals surface area contributed by atoms with Gasteiger partial charge in [0.25, 0.3) is 6.08 Å². The molecule has 1 aromatic rings.